The summed E-state index contributed by atoms with van der Waals surface area (Å²) in [6, 6.07) is 6.18. The highest BCUT2D eigenvalue weighted by Crippen LogP contribution is 2.22. The molecular formula is C13H17N3O. The van der Waals surface area contributed by atoms with Crippen molar-refractivity contribution in [3.05, 3.63) is 35.2 Å². The summed E-state index contributed by atoms with van der Waals surface area (Å²) in [5.74, 6) is 1.60. The van der Waals surface area contributed by atoms with Gasteiger partial charge in [-0.05, 0) is 25.0 Å². The van der Waals surface area contributed by atoms with Gasteiger partial charge >= 0.3 is 0 Å². The van der Waals surface area contributed by atoms with Gasteiger partial charge in [0.1, 0.15) is 6.61 Å². The fourth-order valence-corrected chi connectivity index (χ4v) is 1.78. The highest BCUT2D eigenvalue weighted by atomic mass is 16.5. The molecule has 1 aromatic carbocycles. The SMILES string of the molecule is COCc1nc(-c2cccc(C)c2C)nn1C. The second-order valence-electron chi connectivity index (χ2n) is 4.16. The molecule has 90 valence electrons. The summed E-state index contributed by atoms with van der Waals surface area (Å²) in [5, 5.41) is 4.43. The third kappa shape index (κ3) is 2.22. The Balaban J connectivity index is 2.46. The fourth-order valence-electron chi connectivity index (χ4n) is 1.78. The summed E-state index contributed by atoms with van der Waals surface area (Å²) >= 11 is 0. The Morgan fingerprint density at radius 3 is 2.76 bits per heavy atom. The molecule has 4 heteroatoms. The van der Waals surface area contributed by atoms with Crippen LogP contribution in [0.2, 0.25) is 0 Å². The molecule has 0 fully saturated rings. The van der Waals surface area contributed by atoms with Crippen molar-refractivity contribution in [1.29, 1.82) is 0 Å². The van der Waals surface area contributed by atoms with Crippen LogP contribution in [0.4, 0.5) is 0 Å². The average molecular weight is 231 g/mol. The smallest absolute Gasteiger partial charge is 0.181 e. The monoisotopic (exact) mass is 231 g/mol. The van der Waals surface area contributed by atoms with Crippen LogP contribution < -0.4 is 0 Å². The Labute approximate surface area is 101 Å². The molecule has 0 aliphatic carbocycles. The lowest BCUT2D eigenvalue weighted by Gasteiger charge is -2.04. The molecule has 4 nitrogen and oxygen atoms in total. The van der Waals surface area contributed by atoms with Crippen molar-refractivity contribution in [1.82, 2.24) is 14.8 Å². The van der Waals surface area contributed by atoms with Crippen LogP contribution in [0.3, 0.4) is 0 Å². The van der Waals surface area contributed by atoms with E-state index >= 15 is 0 Å². The summed E-state index contributed by atoms with van der Waals surface area (Å²) < 4.78 is 6.85. The van der Waals surface area contributed by atoms with Crippen molar-refractivity contribution in [3.8, 4) is 11.4 Å². The first kappa shape index (κ1) is 11.8. The van der Waals surface area contributed by atoms with E-state index in [0.717, 1.165) is 17.2 Å². The van der Waals surface area contributed by atoms with Crippen LogP contribution >= 0.6 is 0 Å². The quantitative estimate of drug-likeness (QED) is 0.813. The first-order valence-electron chi connectivity index (χ1n) is 5.59. The van der Waals surface area contributed by atoms with Gasteiger partial charge in [0.15, 0.2) is 11.6 Å². The molecule has 1 heterocycles. The second kappa shape index (κ2) is 4.67. The van der Waals surface area contributed by atoms with E-state index in [1.165, 1.54) is 11.1 Å². The molecule has 17 heavy (non-hydrogen) atoms. The minimum Gasteiger partial charge on any atom is -0.377 e. The molecule has 0 unspecified atom stereocenters. The molecule has 0 saturated carbocycles. The molecule has 0 saturated heterocycles. The lowest BCUT2D eigenvalue weighted by Crippen LogP contribution is -2.00. The molecule has 0 spiro atoms. The van der Waals surface area contributed by atoms with Crippen molar-refractivity contribution in [2.75, 3.05) is 7.11 Å². The van der Waals surface area contributed by atoms with Gasteiger partial charge in [-0.3, -0.25) is 4.68 Å². The molecule has 0 radical (unpaired) electrons. The fraction of sp³-hybridized carbons (Fsp3) is 0.385. The number of nitrogens with zero attached hydrogens (tertiary/aromatic N) is 3. The highest BCUT2D eigenvalue weighted by molar-refractivity contribution is 5.61. The summed E-state index contributed by atoms with van der Waals surface area (Å²) in [5.41, 5.74) is 3.56. The van der Waals surface area contributed by atoms with Crippen molar-refractivity contribution in [3.63, 3.8) is 0 Å². The van der Waals surface area contributed by atoms with Gasteiger partial charge < -0.3 is 4.74 Å². The molecule has 0 amide bonds. The zero-order valence-electron chi connectivity index (χ0n) is 10.7. The molecule has 0 N–H and O–H groups in total. The van der Waals surface area contributed by atoms with Crippen LogP contribution in [0.15, 0.2) is 18.2 Å². The molecule has 0 aliphatic heterocycles. The molecule has 1 aromatic heterocycles. The number of hydrogen-bond acceptors (Lipinski definition) is 3. The van der Waals surface area contributed by atoms with E-state index in [2.05, 4.69) is 30.0 Å². The van der Waals surface area contributed by atoms with E-state index in [9.17, 15) is 0 Å². The maximum atomic E-state index is 5.09. The molecule has 2 rings (SSSR count). The van der Waals surface area contributed by atoms with Crippen LogP contribution in [0, 0.1) is 13.8 Å². The first-order chi connectivity index (χ1) is 8.13. The van der Waals surface area contributed by atoms with Gasteiger partial charge in [-0.15, -0.1) is 0 Å². The lowest BCUT2D eigenvalue weighted by atomic mass is 10.0. The number of hydrogen-bond donors (Lipinski definition) is 0. The van der Waals surface area contributed by atoms with Gasteiger partial charge in [-0.2, -0.15) is 5.10 Å². The van der Waals surface area contributed by atoms with Crippen LogP contribution in [0.25, 0.3) is 11.4 Å². The van der Waals surface area contributed by atoms with E-state index in [4.69, 9.17) is 4.74 Å². The van der Waals surface area contributed by atoms with Gasteiger partial charge in [0.2, 0.25) is 0 Å². The Morgan fingerprint density at radius 2 is 2.06 bits per heavy atom. The molecule has 0 atom stereocenters. The van der Waals surface area contributed by atoms with Crippen LogP contribution in [-0.4, -0.2) is 21.9 Å². The topological polar surface area (TPSA) is 39.9 Å². The molecular weight excluding hydrogens is 214 g/mol. The van der Waals surface area contributed by atoms with E-state index in [0.29, 0.717) is 6.61 Å². The standard InChI is InChI=1S/C13H17N3O/c1-9-6-5-7-11(10(9)2)13-14-12(8-17-4)16(3)15-13/h5-7H,8H2,1-4H3. The predicted molar refractivity (Wildman–Crippen MR) is 66.6 cm³/mol. The third-order valence-electron chi connectivity index (χ3n) is 2.97. The number of aromatic nitrogens is 3. The maximum absolute atomic E-state index is 5.09. The zero-order chi connectivity index (χ0) is 12.4. The largest absolute Gasteiger partial charge is 0.377 e. The van der Waals surface area contributed by atoms with Crippen molar-refractivity contribution < 1.29 is 4.74 Å². The Bertz CT molecular complexity index is 531. The van der Waals surface area contributed by atoms with E-state index in [-0.39, 0.29) is 0 Å². The number of rotatable bonds is 3. The van der Waals surface area contributed by atoms with Gasteiger partial charge in [-0.1, -0.05) is 18.2 Å². The Hall–Kier alpha value is -1.68. The van der Waals surface area contributed by atoms with Gasteiger partial charge in [0, 0.05) is 19.7 Å². The Kier molecular flexibility index (Phi) is 3.24. The Morgan fingerprint density at radius 1 is 1.29 bits per heavy atom. The van der Waals surface area contributed by atoms with Crippen LogP contribution in [0.1, 0.15) is 17.0 Å². The van der Waals surface area contributed by atoms with E-state index < -0.39 is 0 Å². The molecule has 0 bridgehead atoms. The number of ether oxygens (including phenoxy) is 1. The number of benzene rings is 1. The summed E-state index contributed by atoms with van der Waals surface area (Å²) in [7, 11) is 3.54. The van der Waals surface area contributed by atoms with Crippen LogP contribution in [0.5, 0.6) is 0 Å². The normalized spacial score (nSPS) is 10.8. The second-order valence-corrected chi connectivity index (χ2v) is 4.16. The molecule has 2 aromatic rings. The summed E-state index contributed by atoms with van der Waals surface area (Å²) in [6.45, 7) is 4.67. The molecule has 0 aliphatic rings. The average Bonchev–Trinajstić information content (AvgIpc) is 2.65. The number of methoxy groups -OCH3 is 1. The summed E-state index contributed by atoms with van der Waals surface area (Å²) in [6.07, 6.45) is 0. The summed E-state index contributed by atoms with van der Waals surface area (Å²) in [4.78, 5) is 4.50. The van der Waals surface area contributed by atoms with E-state index in [1.807, 2.05) is 19.2 Å². The van der Waals surface area contributed by atoms with Gasteiger partial charge in [-0.25, -0.2) is 4.98 Å². The maximum Gasteiger partial charge on any atom is 0.181 e. The van der Waals surface area contributed by atoms with Gasteiger partial charge in [0.25, 0.3) is 0 Å². The minimum absolute atomic E-state index is 0.481. The van der Waals surface area contributed by atoms with Crippen molar-refractivity contribution in [2.45, 2.75) is 20.5 Å². The van der Waals surface area contributed by atoms with Crippen molar-refractivity contribution >= 4 is 0 Å². The minimum atomic E-state index is 0.481. The van der Waals surface area contributed by atoms with Crippen molar-refractivity contribution in [2.24, 2.45) is 7.05 Å². The van der Waals surface area contributed by atoms with Crippen LogP contribution in [-0.2, 0) is 18.4 Å². The first-order valence-corrected chi connectivity index (χ1v) is 5.59. The highest BCUT2D eigenvalue weighted by Gasteiger charge is 2.11. The zero-order valence-corrected chi connectivity index (χ0v) is 10.7. The third-order valence-corrected chi connectivity index (χ3v) is 2.97. The number of aryl methyl sites for hydroxylation is 2. The van der Waals surface area contributed by atoms with E-state index in [1.54, 1.807) is 11.8 Å². The lowest BCUT2D eigenvalue weighted by molar-refractivity contribution is 0.174. The van der Waals surface area contributed by atoms with Gasteiger partial charge in [0.05, 0.1) is 0 Å². The predicted octanol–water partition coefficient (Wildman–Crippen LogP) is 2.25.